The van der Waals surface area contributed by atoms with Gasteiger partial charge in [-0.15, -0.1) is 0 Å². The van der Waals surface area contributed by atoms with Gasteiger partial charge < -0.3 is 4.74 Å². The van der Waals surface area contributed by atoms with Crippen LogP contribution in [0, 0.1) is 11.8 Å². The lowest BCUT2D eigenvalue weighted by Crippen LogP contribution is -2.01. The molecule has 0 bridgehead atoms. The topological polar surface area (TPSA) is 43.4 Å². The van der Waals surface area contributed by atoms with Crippen LogP contribution in [0.5, 0.6) is 0 Å². The average Bonchev–Trinajstić information content (AvgIpc) is 2.27. The summed E-state index contributed by atoms with van der Waals surface area (Å²) in [6.45, 7) is 1.94. The van der Waals surface area contributed by atoms with Crippen molar-refractivity contribution in [2.24, 2.45) is 0 Å². The number of rotatable bonds is 2. The first-order valence-corrected chi connectivity index (χ1v) is 4.52. The second kappa shape index (κ2) is 5.61. The standard InChI is InChI=1S/C12H10O3/c1-2-15-12(14)9-8-11(13)10-6-4-3-5-7-10/h3-7H,2H2,1H3. The van der Waals surface area contributed by atoms with Crippen LogP contribution in [0.3, 0.4) is 0 Å². The van der Waals surface area contributed by atoms with E-state index in [0.29, 0.717) is 5.56 Å². The molecule has 0 aliphatic carbocycles. The van der Waals surface area contributed by atoms with Crippen LogP contribution in [0.15, 0.2) is 30.3 Å². The van der Waals surface area contributed by atoms with Crippen molar-refractivity contribution in [2.45, 2.75) is 6.92 Å². The lowest BCUT2D eigenvalue weighted by Gasteiger charge is -1.92. The predicted molar refractivity (Wildman–Crippen MR) is 55.2 cm³/mol. The first kappa shape index (κ1) is 11.0. The number of ketones is 1. The molecule has 0 amide bonds. The molecule has 3 heteroatoms. The maximum atomic E-state index is 11.4. The largest absolute Gasteiger partial charge is 0.456 e. The number of esters is 1. The Morgan fingerprint density at radius 3 is 2.47 bits per heavy atom. The number of carbonyl (C=O) groups is 2. The highest BCUT2D eigenvalue weighted by Crippen LogP contribution is 1.98. The van der Waals surface area contributed by atoms with E-state index in [1.807, 2.05) is 0 Å². The van der Waals surface area contributed by atoms with E-state index in [0.717, 1.165) is 0 Å². The van der Waals surface area contributed by atoms with Crippen LogP contribution in [0.1, 0.15) is 17.3 Å². The molecule has 0 heterocycles. The lowest BCUT2D eigenvalue weighted by atomic mass is 10.1. The molecule has 0 radical (unpaired) electrons. The molecule has 15 heavy (non-hydrogen) atoms. The summed E-state index contributed by atoms with van der Waals surface area (Å²) in [5, 5.41) is 0. The van der Waals surface area contributed by atoms with Crippen molar-refractivity contribution in [3.8, 4) is 11.8 Å². The van der Waals surface area contributed by atoms with E-state index in [1.54, 1.807) is 37.3 Å². The van der Waals surface area contributed by atoms with Gasteiger partial charge in [-0.3, -0.25) is 4.79 Å². The number of benzene rings is 1. The lowest BCUT2D eigenvalue weighted by molar-refractivity contribution is -0.136. The Hall–Kier alpha value is -2.08. The van der Waals surface area contributed by atoms with Gasteiger partial charge in [-0.05, 0) is 12.8 Å². The summed E-state index contributed by atoms with van der Waals surface area (Å²) in [6.07, 6.45) is 0. The van der Waals surface area contributed by atoms with Gasteiger partial charge in [0.15, 0.2) is 0 Å². The Morgan fingerprint density at radius 1 is 1.20 bits per heavy atom. The minimum absolute atomic E-state index is 0.257. The van der Waals surface area contributed by atoms with Crippen molar-refractivity contribution in [1.29, 1.82) is 0 Å². The number of Topliss-reactive ketones (excluding diaryl/α,β-unsaturated/α-hetero) is 1. The van der Waals surface area contributed by atoms with E-state index in [1.165, 1.54) is 0 Å². The molecule has 1 rings (SSSR count). The Labute approximate surface area is 88.1 Å². The fourth-order valence-electron chi connectivity index (χ4n) is 0.937. The molecule has 0 spiro atoms. The third-order valence-electron chi connectivity index (χ3n) is 1.59. The fraction of sp³-hybridized carbons (Fsp3) is 0.167. The molecule has 0 saturated heterocycles. The highest BCUT2D eigenvalue weighted by molar-refractivity contribution is 6.11. The van der Waals surface area contributed by atoms with Crippen molar-refractivity contribution in [3.05, 3.63) is 35.9 Å². The van der Waals surface area contributed by atoms with E-state index in [-0.39, 0.29) is 12.4 Å². The summed E-state index contributed by atoms with van der Waals surface area (Å²) < 4.78 is 4.56. The van der Waals surface area contributed by atoms with Crippen molar-refractivity contribution < 1.29 is 14.3 Å². The molecule has 0 unspecified atom stereocenters. The number of ether oxygens (including phenoxy) is 1. The van der Waals surface area contributed by atoms with E-state index in [4.69, 9.17) is 0 Å². The first-order chi connectivity index (χ1) is 7.24. The van der Waals surface area contributed by atoms with Crippen LogP contribution in [0.4, 0.5) is 0 Å². The van der Waals surface area contributed by atoms with E-state index < -0.39 is 5.97 Å². The van der Waals surface area contributed by atoms with Gasteiger partial charge in [0.05, 0.1) is 6.61 Å². The molecule has 0 fully saturated rings. The molecular weight excluding hydrogens is 192 g/mol. The molecule has 76 valence electrons. The van der Waals surface area contributed by atoms with Gasteiger partial charge in [-0.2, -0.15) is 0 Å². The third-order valence-corrected chi connectivity index (χ3v) is 1.59. The SMILES string of the molecule is CCOC(=O)C#CC(=O)c1ccccc1. The van der Waals surface area contributed by atoms with Gasteiger partial charge in [-0.1, -0.05) is 30.3 Å². The summed E-state index contributed by atoms with van der Waals surface area (Å²) in [7, 11) is 0. The number of hydrogen-bond acceptors (Lipinski definition) is 3. The van der Waals surface area contributed by atoms with Crippen molar-refractivity contribution in [3.63, 3.8) is 0 Å². The average molecular weight is 202 g/mol. The molecule has 1 aromatic rings. The minimum Gasteiger partial charge on any atom is -0.456 e. The zero-order valence-electron chi connectivity index (χ0n) is 8.32. The third kappa shape index (κ3) is 3.65. The van der Waals surface area contributed by atoms with Gasteiger partial charge in [0.25, 0.3) is 0 Å². The van der Waals surface area contributed by atoms with Crippen molar-refractivity contribution >= 4 is 11.8 Å². The molecule has 0 aliphatic heterocycles. The molecule has 1 aromatic carbocycles. The monoisotopic (exact) mass is 202 g/mol. The zero-order valence-corrected chi connectivity index (χ0v) is 8.32. The maximum absolute atomic E-state index is 11.4. The molecular formula is C12H10O3. The van der Waals surface area contributed by atoms with E-state index in [9.17, 15) is 9.59 Å². The van der Waals surface area contributed by atoms with Gasteiger partial charge in [0, 0.05) is 11.5 Å². The molecule has 0 atom stereocenters. The maximum Gasteiger partial charge on any atom is 0.384 e. The van der Waals surface area contributed by atoms with E-state index in [2.05, 4.69) is 16.6 Å². The molecule has 3 nitrogen and oxygen atoms in total. The fourth-order valence-corrected chi connectivity index (χ4v) is 0.937. The summed E-state index contributed by atoms with van der Waals surface area (Å²) in [4.78, 5) is 22.2. The number of carbonyl (C=O) groups excluding carboxylic acids is 2. The van der Waals surface area contributed by atoms with Crippen LogP contribution in [0.25, 0.3) is 0 Å². The van der Waals surface area contributed by atoms with Crippen LogP contribution >= 0.6 is 0 Å². The molecule has 0 aliphatic rings. The minimum atomic E-state index is -0.679. The Kier molecular flexibility index (Phi) is 4.11. The van der Waals surface area contributed by atoms with Crippen LogP contribution < -0.4 is 0 Å². The Balaban J connectivity index is 2.68. The predicted octanol–water partition coefficient (Wildman–Crippen LogP) is 1.44. The second-order valence-corrected chi connectivity index (χ2v) is 2.67. The number of hydrogen-bond donors (Lipinski definition) is 0. The molecule has 0 aromatic heterocycles. The van der Waals surface area contributed by atoms with Gasteiger partial charge in [-0.25, -0.2) is 4.79 Å². The summed E-state index contributed by atoms with van der Waals surface area (Å²) in [5.74, 6) is 3.28. The van der Waals surface area contributed by atoms with Gasteiger partial charge >= 0.3 is 5.97 Å². The summed E-state index contributed by atoms with van der Waals surface area (Å²) in [5.41, 5.74) is 0.467. The summed E-state index contributed by atoms with van der Waals surface area (Å²) >= 11 is 0. The molecule has 0 saturated carbocycles. The quantitative estimate of drug-likeness (QED) is 0.239. The van der Waals surface area contributed by atoms with E-state index >= 15 is 0 Å². The smallest absolute Gasteiger partial charge is 0.384 e. The van der Waals surface area contributed by atoms with Crippen LogP contribution in [-0.4, -0.2) is 18.4 Å². The Morgan fingerprint density at radius 2 is 1.87 bits per heavy atom. The van der Waals surface area contributed by atoms with Crippen molar-refractivity contribution in [1.82, 2.24) is 0 Å². The molecule has 0 N–H and O–H groups in total. The zero-order chi connectivity index (χ0) is 11.1. The second-order valence-electron chi connectivity index (χ2n) is 2.67. The normalized spacial score (nSPS) is 8.60. The first-order valence-electron chi connectivity index (χ1n) is 4.52. The van der Waals surface area contributed by atoms with Crippen molar-refractivity contribution in [2.75, 3.05) is 6.61 Å². The summed E-state index contributed by atoms with van der Waals surface area (Å²) in [6, 6.07) is 8.55. The van der Waals surface area contributed by atoms with Gasteiger partial charge in [0.2, 0.25) is 5.78 Å². The highest BCUT2D eigenvalue weighted by Gasteiger charge is 2.00. The van der Waals surface area contributed by atoms with Gasteiger partial charge in [0.1, 0.15) is 0 Å². The van der Waals surface area contributed by atoms with Crippen LogP contribution in [0.2, 0.25) is 0 Å². The highest BCUT2D eigenvalue weighted by atomic mass is 16.5. The van der Waals surface area contributed by atoms with Crippen LogP contribution in [-0.2, 0) is 9.53 Å². The Bertz CT molecular complexity index is 409.